The molecule has 1 aromatic carbocycles. The van der Waals surface area contributed by atoms with Gasteiger partial charge in [0.15, 0.2) is 0 Å². The highest BCUT2D eigenvalue weighted by Crippen LogP contribution is 2.36. The topological polar surface area (TPSA) is 79.0 Å². The summed E-state index contributed by atoms with van der Waals surface area (Å²) in [7, 11) is 1.59. The van der Waals surface area contributed by atoms with Crippen LogP contribution in [-0.2, 0) is 9.59 Å². The van der Waals surface area contributed by atoms with E-state index in [0.29, 0.717) is 24.5 Å². The standard InChI is InChI=1S/C20H26FN3O4/c1-14-7-9-20(10-8-14)18(26)24(19(27)22-20)13-17(25)23(2)11-12-28-16-5-3-15(21)4-6-16/h3-6,14H,7-13H2,1-2H3,(H,22,27). The molecule has 7 nitrogen and oxygen atoms in total. The van der Waals surface area contributed by atoms with Crippen LogP contribution in [0.4, 0.5) is 9.18 Å². The van der Waals surface area contributed by atoms with Crippen LogP contribution in [0.3, 0.4) is 0 Å². The van der Waals surface area contributed by atoms with Gasteiger partial charge in [0, 0.05) is 7.05 Å². The molecule has 0 bridgehead atoms. The van der Waals surface area contributed by atoms with Crippen LogP contribution < -0.4 is 10.1 Å². The third-order valence-electron chi connectivity index (χ3n) is 5.60. The molecular weight excluding hydrogens is 365 g/mol. The molecule has 8 heteroatoms. The van der Waals surface area contributed by atoms with E-state index < -0.39 is 11.6 Å². The Hall–Kier alpha value is -2.64. The molecule has 2 fully saturated rings. The molecule has 1 spiro atoms. The Kier molecular flexibility index (Phi) is 5.86. The van der Waals surface area contributed by atoms with Gasteiger partial charge >= 0.3 is 6.03 Å². The first-order valence-corrected chi connectivity index (χ1v) is 9.57. The van der Waals surface area contributed by atoms with Gasteiger partial charge in [-0.3, -0.25) is 14.5 Å². The second-order valence-corrected chi connectivity index (χ2v) is 7.70. The number of hydrogen-bond acceptors (Lipinski definition) is 4. The van der Waals surface area contributed by atoms with E-state index in [0.717, 1.165) is 17.7 Å². The number of urea groups is 1. The molecule has 0 unspecified atom stereocenters. The summed E-state index contributed by atoms with van der Waals surface area (Å²) in [6.07, 6.45) is 3.00. The van der Waals surface area contributed by atoms with E-state index in [4.69, 9.17) is 4.74 Å². The van der Waals surface area contributed by atoms with Crippen molar-refractivity contribution in [1.82, 2.24) is 15.1 Å². The number of carbonyl (C=O) groups excluding carboxylic acids is 3. The Morgan fingerprint density at radius 2 is 1.93 bits per heavy atom. The van der Waals surface area contributed by atoms with Gasteiger partial charge in [0.25, 0.3) is 5.91 Å². The first-order chi connectivity index (χ1) is 13.3. The van der Waals surface area contributed by atoms with Gasteiger partial charge < -0.3 is 15.0 Å². The summed E-state index contributed by atoms with van der Waals surface area (Å²) < 4.78 is 18.4. The van der Waals surface area contributed by atoms with Crippen molar-refractivity contribution in [3.63, 3.8) is 0 Å². The molecule has 1 aromatic rings. The summed E-state index contributed by atoms with van der Waals surface area (Å²) >= 11 is 0. The molecule has 1 saturated heterocycles. The van der Waals surface area contributed by atoms with Gasteiger partial charge in [-0.25, -0.2) is 9.18 Å². The summed E-state index contributed by atoms with van der Waals surface area (Å²) in [4.78, 5) is 40.0. The number of benzene rings is 1. The highest BCUT2D eigenvalue weighted by atomic mass is 19.1. The SMILES string of the molecule is CC1CCC2(CC1)NC(=O)N(CC(=O)N(C)CCOc1ccc(F)cc1)C2=O. The van der Waals surface area contributed by atoms with Crippen molar-refractivity contribution >= 4 is 17.8 Å². The molecule has 1 N–H and O–H groups in total. The van der Waals surface area contributed by atoms with E-state index in [1.807, 2.05) is 0 Å². The van der Waals surface area contributed by atoms with E-state index in [1.165, 1.54) is 29.2 Å². The maximum atomic E-state index is 12.9. The van der Waals surface area contributed by atoms with Crippen molar-refractivity contribution in [2.24, 2.45) is 5.92 Å². The molecule has 1 aliphatic heterocycles. The van der Waals surface area contributed by atoms with Gasteiger partial charge in [-0.15, -0.1) is 0 Å². The first kappa shape index (κ1) is 20.1. The molecule has 1 saturated carbocycles. The predicted octanol–water partition coefficient (Wildman–Crippen LogP) is 2.16. The van der Waals surface area contributed by atoms with Gasteiger partial charge in [0.05, 0.1) is 6.54 Å². The Morgan fingerprint density at radius 3 is 2.57 bits per heavy atom. The van der Waals surface area contributed by atoms with Gasteiger partial charge in [0.1, 0.15) is 30.3 Å². The van der Waals surface area contributed by atoms with Crippen LogP contribution in [0.15, 0.2) is 24.3 Å². The van der Waals surface area contributed by atoms with Crippen LogP contribution >= 0.6 is 0 Å². The van der Waals surface area contributed by atoms with Crippen LogP contribution in [0, 0.1) is 11.7 Å². The second-order valence-electron chi connectivity index (χ2n) is 7.70. The first-order valence-electron chi connectivity index (χ1n) is 9.57. The van der Waals surface area contributed by atoms with Crippen LogP contribution in [-0.4, -0.2) is 59.9 Å². The summed E-state index contributed by atoms with van der Waals surface area (Å²) in [5, 5.41) is 2.81. The fraction of sp³-hybridized carbons (Fsp3) is 0.550. The lowest BCUT2D eigenvalue weighted by atomic mass is 9.77. The molecule has 0 atom stereocenters. The lowest BCUT2D eigenvalue weighted by molar-refractivity contribution is -0.139. The largest absolute Gasteiger partial charge is 0.492 e. The summed E-state index contributed by atoms with van der Waals surface area (Å²) in [6.45, 7) is 2.35. The minimum Gasteiger partial charge on any atom is -0.492 e. The number of halogens is 1. The maximum absolute atomic E-state index is 12.9. The Morgan fingerprint density at radius 1 is 1.29 bits per heavy atom. The zero-order valence-corrected chi connectivity index (χ0v) is 16.2. The molecule has 0 radical (unpaired) electrons. The van der Waals surface area contributed by atoms with E-state index in [1.54, 1.807) is 7.05 Å². The smallest absolute Gasteiger partial charge is 0.325 e. The fourth-order valence-electron chi connectivity index (χ4n) is 3.63. The summed E-state index contributed by atoms with van der Waals surface area (Å²) in [5.41, 5.74) is -0.839. The average Bonchev–Trinajstić information content (AvgIpc) is 2.90. The monoisotopic (exact) mass is 391 g/mol. The zero-order valence-electron chi connectivity index (χ0n) is 16.2. The number of nitrogens with zero attached hydrogens (tertiary/aromatic N) is 2. The molecule has 152 valence electrons. The summed E-state index contributed by atoms with van der Waals surface area (Å²) in [5.74, 6) is 0.0580. The lowest BCUT2D eigenvalue weighted by Gasteiger charge is -2.33. The maximum Gasteiger partial charge on any atom is 0.325 e. The molecule has 2 aliphatic rings. The third kappa shape index (κ3) is 4.26. The van der Waals surface area contributed by atoms with Crippen molar-refractivity contribution in [2.75, 3.05) is 26.7 Å². The minimum absolute atomic E-state index is 0.218. The van der Waals surface area contributed by atoms with E-state index in [9.17, 15) is 18.8 Å². The molecule has 1 aliphatic carbocycles. The van der Waals surface area contributed by atoms with Gasteiger partial charge in [-0.05, 0) is 55.9 Å². The molecule has 0 aromatic heterocycles. The average molecular weight is 391 g/mol. The second kappa shape index (κ2) is 8.16. The van der Waals surface area contributed by atoms with Crippen molar-refractivity contribution in [2.45, 2.75) is 38.1 Å². The normalized spacial score (nSPS) is 24.4. The van der Waals surface area contributed by atoms with E-state index >= 15 is 0 Å². The highest BCUT2D eigenvalue weighted by Gasteiger charge is 2.52. The van der Waals surface area contributed by atoms with E-state index in [2.05, 4.69) is 12.2 Å². The van der Waals surface area contributed by atoms with Gasteiger partial charge in [0.2, 0.25) is 5.91 Å². The number of likely N-dealkylation sites (N-methyl/N-ethyl adjacent to an activating group) is 1. The van der Waals surface area contributed by atoms with Crippen LogP contribution in [0.1, 0.15) is 32.6 Å². The van der Waals surface area contributed by atoms with Gasteiger partial charge in [-0.2, -0.15) is 0 Å². The molecule has 28 heavy (non-hydrogen) atoms. The van der Waals surface area contributed by atoms with Crippen molar-refractivity contribution in [3.8, 4) is 5.75 Å². The molecule has 4 amide bonds. The van der Waals surface area contributed by atoms with Crippen LogP contribution in [0.25, 0.3) is 0 Å². The van der Waals surface area contributed by atoms with E-state index in [-0.39, 0.29) is 37.3 Å². The molecule has 1 heterocycles. The number of imide groups is 1. The van der Waals surface area contributed by atoms with Crippen molar-refractivity contribution in [1.29, 1.82) is 0 Å². The zero-order chi connectivity index (χ0) is 20.3. The predicted molar refractivity (Wildman–Crippen MR) is 100 cm³/mol. The number of hydrogen-bond donors (Lipinski definition) is 1. The number of carbonyl (C=O) groups is 3. The van der Waals surface area contributed by atoms with Crippen LogP contribution in [0.2, 0.25) is 0 Å². The molecule has 3 rings (SSSR count). The van der Waals surface area contributed by atoms with Crippen LogP contribution in [0.5, 0.6) is 5.75 Å². The third-order valence-corrected chi connectivity index (χ3v) is 5.60. The number of amides is 4. The highest BCUT2D eigenvalue weighted by molar-refractivity contribution is 6.09. The Bertz CT molecular complexity index is 744. The minimum atomic E-state index is -0.839. The Labute approximate surface area is 163 Å². The number of nitrogens with one attached hydrogen (secondary N) is 1. The van der Waals surface area contributed by atoms with Gasteiger partial charge in [-0.1, -0.05) is 6.92 Å². The number of rotatable bonds is 6. The molecular formula is C20H26FN3O4. The fourth-order valence-corrected chi connectivity index (χ4v) is 3.63. The lowest BCUT2D eigenvalue weighted by Crippen LogP contribution is -2.50. The Balaban J connectivity index is 1.50. The number of ether oxygens (including phenoxy) is 1. The quantitative estimate of drug-likeness (QED) is 0.754. The van der Waals surface area contributed by atoms with Crippen molar-refractivity contribution < 1.29 is 23.5 Å². The van der Waals surface area contributed by atoms with Crippen molar-refractivity contribution in [3.05, 3.63) is 30.1 Å². The summed E-state index contributed by atoms with van der Waals surface area (Å²) in [6, 6.07) is 5.11.